The first-order chi connectivity index (χ1) is 6.29. The van der Waals surface area contributed by atoms with Crippen molar-refractivity contribution in [3.05, 3.63) is 0 Å². The van der Waals surface area contributed by atoms with E-state index >= 15 is 0 Å². The quantitative estimate of drug-likeness (QED) is 0.307. The monoisotopic (exact) mass is 300 g/mol. The van der Waals surface area contributed by atoms with E-state index in [1.54, 1.807) is 0 Å². The van der Waals surface area contributed by atoms with Crippen LogP contribution in [0.15, 0.2) is 0 Å². The van der Waals surface area contributed by atoms with Crippen LogP contribution in [0.2, 0.25) is 0 Å². The van der Waals surface area contributed by atoms with E-state index < -0.39 is 36.4 Å². The molecular weight excluding hydrogens is 291 g/mol. The molecule has 4 unspecified atom stereocenters. The molecule has 0 aromatic carbocycles. The number of hydrogen-bond acceptors (Lipinski definition) is 6. The molecule has 15 heavy (non-hydrogen) atoms. The minimum absolute atomic E-state index is 0. The number of carboxylic acids is 2. The molecule has 0 heterocycles. The van der Waals surface area contributed by atoms with Crippen LogP contribution >= 0.6 is 0 Å². The van der Waals surface area contributed by atoms with Gasteiger partial charge in [0, 0.05) is 26.2 Å². The molecule has 9 heteroatoms. The third kappa shape index (κ3) is 4.81. The Morgan fingerprint density at radius 1 is 0.733 bits per heavy atom. The molecule has 0 radical (unpaired) electrons. The summed E-state index contributed by atoms with van der Waals surface area (Å²) in [5, 5.41) is 51.5. The van der Waals surface area contributed by atoms with Gasteiger partial charge in [-0.25, -0.2) is 9.59 Å². The summed E-state index contributed by atoms with van der Waals surface area (Å²) in [6.07, 6.45) is -9.28. The molecule has 0 aromatic heterocycles. The predicted molar refractivity (Wildman–Crippen MR) is 39.3 cm³/mol. The van der Waals surface area contributed by atoms with Crippen molar-refractivity contribution in [2.45, 2.75) is 24.4 Å². The minimum atomic E-state index is -2.36. The summed E-state index contributed by atoms with van der Waals surface area (Å²) in [7, 11) is 0. The number of carbonyl (C=O) groups is 2. The molecule has 0 aliphatic heterocycles. The molecule has 0 amide bonds. The first kappa shape index (κ1) is 17.1. The smallest absolute Gasteiger partial charge is 0.335 e. The molecule has 0 aromatic rings. The summed E-state index contributed by atoms with van der Waals surface area (Å²) in [4.78, 5) is 20.2. The van der Waals surface area contributed by atoms with E-state index in [1.165, 1.54) is 0 Å². The fraction of sp³-hybridized carbons (Fsp3) is 0.667. The molecule has 0 aliphatic rings. The maximum atomic E-state index is 10.1. The largest absolute Gasteiger partial charge is 0.479 e. The van der Waals surface area contributed by atoms with E-state index in [1.807, 2.05) is 0 Å². The molecule has 0 bridgehead atoms. The van der Waals surface area contributed by atoms with Crippen molar-refractivity contribution in [3.8, 4) is 0 Å². The molecule has 0 saturated carbocycles. The molecule has 8 nitrogen and oxygen atoms in total. The summed E-state index contributed by atoms with van der Waals surface area (Å²) in [5.74, 6) is -3.68. The fourth-order valence-electron chi connectivity index (χ4n) is 0.666. The maximum Gasteiger partial charge on any atom is 0.335 e. The van der Waals surface area contributed by atoms with Gasteiger partial charge in [0.05, 0.1) is 0 Å². The fourth-order valence-corrected chi connectivity index (χ4v) is 0.666. The van der Waals surface area contributed by atoms with Crippen LogP contribution < -0.4 is 0 Å². The zero-order valence-corrected chi connectivity index (χ0v) is 9.77. The van der Waals surface area contributed by atoms with Crippen LogP contribution in [-0.4, -0.2) is 67.0 Å². The van der Waals surface area contributed by atoms with Crippen molar-refractivity contribution in [2.75, 3.05) is 0 Å². The summed E-state index contributed by atoms with van der Waals surface area (Å²) < 4.78 is 0. The number of rotatable bonds is 5. The topological polar surface area (TPSA) is 156 Å². The van der Waals surface area contributed by atoms with Gasteiger partial charge in [-0.3, -0.25) is 0 Å². The van der Waals surface area contributed by atoms with Crippen LogP contribution in [0.3, 0.4) is 0 Å². The predicted octanol–water partition coefficient (Wildman–Crippen LogP) is -3.40. The standard InChI is InChI=1S/C6H10O8.Zr/c7-1(3(9)5(11)12)2(8)4(10)6(13)14;/h1-4,7-10H,(H,11,12)(H,13,14);. The van der Waals surface area contributed by atoms with Crippen LogP contribution in [-0.2, 0) is 35.8 Å². The average Bonchev–Trinajstić information content (AvgIpc) is 2.12. The summed E-state index contributed by atoms with van der Waals surface area (Å²) in [6.45, 7) is 0. The van der Waals surface area contributed by atoms with E-state index in [0.717, 1.165) is 0 Å². The molecule has 6 N–H and O–H groups in total. The first-order valence-corrected chi connectivity index (χ1v) is 3.47. The Morgan fingerprint density at radius 3 is 1.07 bits per heavy atom. The molecule has 0 saturated heterocycles. The van der Waals surface area contributed by atoms with Crippen molar-refractivity contribution >= 4 is 11.9 Å². The normalized spacial score (nSPS) is 18.1. The Bertz CT molecular complexity index is 207. The number of carboxylic acid groups (broad SMARTS) is 2. The SMILES string of the molecule is O=C(O)C(O)C(O)C(O)C(O)C(=O)O.[Zr]. The van der Waals surface area contributed by atoms with Crippen LogP contribution in [0.4, 0.5) is 0 Å². The Balaban J connectivity index is 0. The Hall–Kier alpha value is -0.337. The van der Waals surface area contributed by atoms with Gasteiger partial charge in [0.2, 0.25) is 0 Å². The molecule has 0 aliphatic carbocycles. The first-order valence-electron chi connectivity index (χ1n) is 3.47. The van der Waals surface area contributed by atoms with Gasteiger partial charge in [-0.2, -0.15) is 0 Å². The second-order valence-electron chi connectivity index (χ2n) is 2.55. The van der Waals surface area contributed by atoms with Gasteiger partial charge >= 0.3 is 11.9 Å². The zero-order chi connectivity index (χ0) is 11.5. The number of aliphatic carboxylic acids is 2. The maximum absolute atomic E-state index is 10.1. The van der Waals surface area contributed by atoms with E-state index in [2.05, 4.69) is 0 Å². The van der Waals surface area contributed by atoms with E-state index in [-0.39, 0.29) is 26.2 Å². The number of aliphatic hydroxyl groups is 4. The van der Waals surface area contributed by atoms with Gasteiger partial charge in [-0.1, -0.05) is 0 Å². The van der Waals surface area contributed by atoms with Crippen molar-refractivity contribution in [2.24, 2.45) is 0 Å². The Morgan fingerprint density at radius 2 is 0.933 bits per heavy atom. The summed E-state index contributed by atoms with van der Waals surface area (Å²) >= 11 is 0. The minimum Gasteiger partial charge on any atom is -0.479 e. The third-order valence-corrected chi connectivity index (χ3v) is 1.50. The van der Waals surface area contributed by atoms with Gasteiger partial charge in [-0.05, 0) is 0 Å². The molecule has 0 fully saturated rings. The van der Waals surface area contributed by atoms with Crippen LogP contribution in [0, 0.1) is 0 Å². The molecule has 0 spiro atoms. The van der Waals surface area contributed by atoms with Crippen molar-refractivity contribution in [1.29, 1.82) is 0 Å². The number of aliphatic hydroxyl groups excluding tert-OH is 4. The second-order valence-corrected chi connectivity index (χ2v) is 2.55. The van der Waals surface area contributed by atoms with Gasteiger partial charge < -0.3 is 30.6 Å². The van der Waals surface area contributed by atoms with Crippen LogP contribution in [0.5, 0.6) is 0 Å². The van der Waals surface area contributed by atoms with Gasteiger partial charge in [0.15, 0.2) is 12.2 Å². The van der Waals surface area contributed by atoms with E-state index in [4.69, 9.17) is 30.6 Å². The molecular formula is C6H10O8Zr. The van der Waals surface area contributed by atoms with Crippen molar-refractivity contribution < 1.29 is 66.4 Å². The summed E-state index contributed by atoms with van der Waals surface area (Å²) in [6, 6.07) is 0. The van der Waals surface area contributed by atoms with E-state index in [9.17, 15) is 9.59 Å². The van der Waals surface area contributed by atoms with Crippen molar-refractivity contribution in [1.82, 2.24) is 0 Å². The Kier molecular flexibility index (Phi) is 7.99. The van der Waals surface area contributed by atoms with Gasteiger partial charge in [0.25, 0.3) is 0 Å². The van der Waals surface area contributed by atoms with Gasteiger partial charge in [0.1, 0.15) is 12.2 Å². The second kappa shape index (κ2) is 7.02. The third-order valence-electron chi connectivity index (χ3n) is 1.50. The summed E-state index contributed by atoms with van der Waals surface area (Å²) in [5.41, 5.74) is 0. The molecule has 4 atom stereocenters. The van der Waals surface area contributed by atoms with Crippen LogP contribution in [0.25, 0.3) is 0 Å². The molecule has 0 rings (SSSR count). The number of hydrogen-bond donors (Lipinski definition) is 6. The average molecular weight is 301 g/mol. The van der Waals surface area contributed by atoms with Crippen molar-refractivity contribution in [3.63, 3.8) is 0 Å². The Labute approximate surface area is 103 Å². The zero-order valence-electron chi connectivity index (χ0n) is 7.31. The molecule has 86 valence electrons. The van der Waals surface area contributed by atoms with Crippen LogP contribution in [0.1, 0.15) is 0 Å². The van der Waals surface area contributed by atoms with Gasteiger partial charge in [-0.15, -0.1) is 0 Å². The van der Waals surface area contributed by atoms with E-state index in [0.29, 0.717) is 0 Å².